The lowest BCUT2D eigenvalue weighted by atomic mass is 9.95. The zero-order valence-corrected chi connectivity index (χ0v) is 15.4. The van der Waals surface area contributed by atoms with E-state index in [1.54, 1.807) is 6.20 Å². The Morgan fingerprint density at radius 3 is 2.67 bits per heavy atom. The molecule has 0 atom stereocenters. The molecule has 1 fully saturated rings. The number of nitrogens with one attached hydrogen (secondary N) is 2. The van der Waals surface area contributed by atoms with Gasteiger partial charge in [0.25, 0.3) is 5.91 Å². The average Bonchev–Trinajstić information content (AvgIpc) is 2.59. The summed E-state index contributed by atoms with van der Waals surface area (Å²) in [4.78, 5) is 16.6. The van der Waals surface area contributed by atoms with Crippen molar-refractivity contribution >= 4 is 33.2 Å². The second-order valence-electron chi connectivity index (χ2n) is 6.33. The molecule has 0 spiro atoms. The van der Waals surface area contributed by atoms with Gasteiger partial charge < -0.3 is 10.6 Å². The van der Waals surface area contributed by atoms with E-state index in [1.165, 1.54) is 32.1 Å². The van der Waals surface area contributed by atoms with Crippen LogP contribution in [0.15, 0.2) is 41.0 Å². The minimum Gasteiger partial charge on any atom is -0.382 e. The summed E-state index contributed by atoms with van der Waals surface area (Å²) in [6, 6.07) is 10.0. The lowest BCUT2D eigenvalue weighted by molar-refractivity contribution is 0.102. The van der Waals surface area contributed by atoms with Crippen molar-refractivity contribution in [1.82, 2.24) is 4.98 Å². The highest BCUT2D eigenvalue weighted by molar-refractivity contribution is 9.10. The molecule has 1 aliphatic carbocycles. The van der Waals surface area contributed by atoms with Crippen molar-refractivity contribution in [3.8, 4) is 0 Å². The molecule has 1 amide bonds. The maximum Gasteiger partial charge on any atom is 0.274 e. The molecule has 126 valence electrons. The van der Waals surface area contributed by atoms with Crippen LogP contribution in [-0.4, -0.2) is 16.9 Å². The van der Waals surface area contributed by atoms with Gasteiger partial charge in [-0.25, -0.2) is 0 Å². The normalized spacial score (nSPS) is 15.1. The summed E-state index contributed by atoms with van der Waals surface area (Å²) in [5.41, 5.74) is 3.24. The molecule has 0 radical (unpaired) electrons. The van der Waals surface area contributed by atoms with Crippen molar-refractivity contribution < 1.29 is 4.79 Å². The van der Waals surface area contributed by atoms with Gasteiger partial charge in [0.1, 0.15) is 5.69 Å². The Hall–Kier alpha value is -1.88. The smallest absolute Gasteiger partial charge is 0.274 e. The summed E-state index contributed by atoms with van der Waals surface area (Å²) in [5.74, 6) is -0.191. The fraction of sp³-hybridized carbons (Fsp3) is 0.368. The highest BCUT2D eigenvalue weighted by Crippen LogP contribution is 2.23. The Labute approximate surface area is 151 Å². The summed E-state index contributed by atoms with van der Waals surface area (Å²) in [7, 11) is 0. The summed E-state index contributed by atoms with van der Waals surface area (Å²) >= 11 is 3.46. The molecular formula is C19H22BrN3O. The number of aromatic nitrogens is 1. The van der Waals surface area contributed by atoms with E-state index in [4.69, 9.17) is 0 Å². The van der Waals surface area contributed by atoms with Gasteiger partial charge in [-0.05, 0) is 55.7 Å². The summed E-state index contributed by atoms with van der Waals surface area (Å²) in [5, 5.41) is 6.44. The third-order valence-corrected chi connectivity index (χ3v) is 5.27. The van der Waals surface area contributed by atoms with Gasteiger partial charge >= 0.3 is 0 Å². The Morgan fingerprint density at radius 2 is 1.92 bits per heavy atom. The number of nitrogens with zero attached hydrogens (tertiary/aromatic N) is 1. The largest absolute Gasteiger partial charge is 0.382 e. The monoisotopic (exact) mass is 387 g/mol. The highest BCUT2D eigenvalue weighted by Gasteiger charge is 2.14. The fourth-order valence-electron chi connectivity index (χ4n) is 3.04. The minimum atomic E-state index is -0.191. The van der Waals surface area contributed by atoms with E-state index in [9.17, 15) is 4.79 Å². The van der Waals surface area contributed by atoms with Crippen LogP contribution in [0.25, 0.3) is 0 Å². The van der Waals surface area contributed by atoms with E-state index in [0.29, 0.717) is 11.7 Å². The Morgan fingerprint density at radius 1 is 1.12 bits per heavy atom. The number of carbonyl (C=O) groups excluding carboxylic acids is 1. The average molecular weight is 388 g/mol. The Kier molecular flexibility index (Phi) is 5.51. The van der Waals surface area contributed by atoms with Gasteiger partial charge in [0, 0.05) is 28.1 Å². The number of halogens is 1. The molecule has 0 aliphatic heterocycles. The zero-order chi connectivity index (χ0) is 16.9. The Bertz CT molecular complexity index is 726. The minimum absolute atomic E-state index is 0.191. The van der Waals surface area contributed by atoms with E-state index in [2.05, 4.69) is 31.5 Å². The van der Waals surface area contributed by atoms with Gasteiger partial charge in [-0.1, -0.05) is 35.2 Å². The topological polar surface area (TPSA) is 54.0 Å². The number of pyridine rings is 1. The predicted molar refractivity (Wildman–Crippen MR) is 102 cm³/mol. The zero-order valence-electron chi connectivity index (χ0n) is 13.8. The number of hydrogen-bond acceptors (Lipinski definition) is 3. The Balaban J connectivity index is 1.68. The van der Waals surface area contributed by atoms with Crippen molar-refractivity contribution in [1.29, 1.82) is 0 Å². The third-order valence-electron chi connectivity index (χ3n) is 4.38. The van der Waals surface area contributed by atoms with E-state index in [-0.39, 0.29) is 5.91 Å². The van der Waals surface area contributed by atoms with Gasteiger partial charge in [0.15, 0.2) is 0 Å². The fourth-order valence-corrected chi connectivity index (χ4v) is 3.29. The molecule has 4 nitrogen and oxygen atoms in total. The van der Waals surface area contributed by atoms with E-state index in [1.807, 2.05) is 37.3 Å². The lowest BCUT2D eigenvalue weighted by Crippen LogP contribution is -2.22. The molecule has 1 heterocycles. The summed E-state index contributed by atoms with van der Waals surface area (Å²) < 4.78 is 1.03. The molecule has 0 unspecified atom stereocenters. The maximum absolute atomic E-state index is 12.4. The van der Waals surface area contributed by atoms with Crippen molar-refractivity contribution in [2.24, 2.45) is 0 Å². The molecular weight excluding hydrogens is 366 g/mol. The van der Waals surface area contributed by atoms with Crippen LogP contribution in [-0.2, 0) is 0 Å². The van der Waals surface area contributed by atoms with Crippen LogP contribution in [0.2, 0.25) is 0 Å². The maximum atomic E-state index is 12.4. The van der Waals surface area contributed by atoms with Crippen LogP contribution < -0.4 is 10.6 Å². The number of benzene rings is 1. The van der Waals surface area contributed by atoms with Crippen LogP contribution in [0.4, 0.5) is 11.4 Å². The molecule has 2 aromatic rings. The molecule has 5 heteroatoms. The SMILES string of the molecule is Cc1cc(NC(=O)c2cc(NC3CCCCC3)ccn2)ccc1Br. The quantitative estimate of drug-likeness (QED) is 0.762. The standard InChI is InChI=1S/C19H22BrN3O/c1-13-11-15(7-8-17(13)20)23-19(24)18-12-16(9-10-21-18)22-14-5-3-2-4-6-14/h7-12,14H,2-6H2,1H3,(H,21,22)(H,23,24). The van der Waals surface area contributed by atoms with Gasteiger partial charge in [-0.2, -0.15) is 0 Å². The molecule has 0 bridgehead atoms. The van der Waals surface area contributed by atoms with Gasteiger partial charge in [0.05, 0.1) is 0 Å². The van der Waals surface area contributed by atoms with Crippen LogP contribution in [0, 0.1) is 6.92 Å². The third kappa shape index (κ3) is 4.35. The van der Waals surface area contributed by atoms with Crippen molar-refractivity contribution in [3.63, 3.8) is 0 Å². The molecule has 1 aliphatic rings. The van der Waals surface area contributed by atoms with Crippen molar-refractivity contribution in [2.45, 2.75) is 45.1 Å². The molecule has 2 N–H and O–H groups in total. The number of amides is 1. The predicted octanol–water partition coefficient (Wildman–Crippen LogP) is 5.15. The number of rotatable bonds is 4. The number of carbonyl (C=O) groups is 1. The van der Waals surface area contributed by atoms with Gasteiger partial charge in [-0.15, -0.1) is 0 Å². The lowest BCUT2D eigenvalue weighted by Gasteiger charge is -2.23. The van der Waals surface area contributed by atoms with Gasteiger partial charge in [0.2, 0.25) is 0 Å². The van der Waals surface area contributed by atoms with E-state index < -0.39 is 0 Å². The highest BCUT2D eigenvalue weighted by atomic mass is 79.9. The van der Waals surface area contributed by atoms with Gasteiger partial charge in [-0.3, -0.25) is 9.78 Å². The first kappa shape index (κ1) is 17.0. The molecule has 1 aromatic heterocycles. The first-order chi connectivity index (χ1) is 11.6. The van der Waals surface area contributed by atoms with E-state index in [0.717, 1.165) is 21.4 Å². The van der Waals surface area contributed by atoms with Crippen molar-refractivity contribution in [3.05, 3.63) is 52.3 Å². The molecule has 1 saturated carbocycles. The number of aryl methyl sites for hydroxylation is 1. The first-order valence-corrected chi connectivity index (χ1v) is 9.21. The van der Waals surface area contributed by atoms with Crippen molar-refractivity contribution in [2.75, 3.05) is 10.6 Å². The summed E-state index contributed by atoms with van der Waals surface area (Å²) in [6.07, 6.45) is 7.96. The molecule has 24 heavy (non-hydrogen) atoms. The number of hydrogen-bond donors (Lipinski definition) is 2. The second kappa shape index (κ2) is 7.79. The van der Waals surface area contributed by atoms with E-state index >= 15 is 0 Å². The van der Waals surface area contributed by atoms with Crippen LogP contribution >= 0.6 is 15.9 Å². The second-order valence-corrected chi connectivity index (χ2v) is 7.18. The molecule has 1 aromatic carbocycles. The van der Waals surface area contributed by atoms with Crippen LogP contribution in [0.5, 0.6) is 0 Å². The molecule has 0 saturated heterocycles. The number of anilines is 2. The van der Waals surface area contributed by atoms with Crippen LogP contribution in [0.3, 0.4) is 0 Å². The molecule has 3 rings (SSSR count). The summed E-state index contributed by atoms with van der Waals surface area (Å²) in [6.45, 7) is 1.99. The van der Waals surface area contributed by atoms with Crippen LogP contribution in [0.1, 0.15) is 48.2 Å². The first-order valence-electron chi connectivity index (χ1n) is 8.42.